The van der Waals surface area contributed by atoms with Crippen molar-refractivity contribution in [2.24, 2.45) is 0 Å². The van der Waals surface area contributed by atoms with E-state index < -0.39 is 0 Å². The molecule has 2 rings (SSSR count). The third-order valence-corrected chi connectivity index (χ3v) is 3.43. The molecule has 0 bridgehead atoms. The van der Waals surface area contributed by atoms with Gasteiger partial charge in [-0.1, -0.05) is 12.1 Å². The smallest absolute Gasteiger partial charge is 0.251 e. The Morgan fingerprint density at radius 3 is 2.45 bits per heavy atom. The Balaban J connectivity index is 2.51. The van der Waals surface area contributed by atoms with Gasteiger partial charge in [0.2, 0.25) is 0 Å². The Kier molecular flexibility index (Phi) is 4.84. The third-order valence-electron chi connectivity index (χ3n) is 3.43. The van der Waals surface area contributed by atoms with Crippen LogP contribution in [0.4, 0.5) is 0 Å². The lowest BCUT2D eigenvalue weighted by Gasteiger charge is -2.10. The molecule has 0 fully saturated rings. The van der Waals surface area contributed by atoms with Crippen molar-refractivity contribution in [3.8, 4) is 11.1 Å². The van der Waals surface area contributed by atoms with Gasteiger partial charge in [-0.25, -0.2) is 0 Å². The molecule has 0 aliphatic carbocycles. The molecule has 0 atom stereocenters. The van der Waals surface area contributed by atoms with Crippen molar-refractivity contribution in [1.29, 1.82) is 0 Å². The van der Waals surface area contributed by atoms with Crippen LogP contribution in [0, 0.1) is 6.92 Å². The average molecular weight is 294 g/mol. The van der Waals surface area contributed by atoms with E-state index in [-0.39, 0.29) is 5.91 Å². The number of aromatic nitrogens is 1. The molecule has 0 unspecified atom stereocenters. The van der Waals surface area contributed by atoms with Gasteiger partial charge in [0, 0.05) is 30.1 Å². The van der Waals surface area contributed by atoms with E-state index in [9.17, 15) is 9.59 Å². The number of nitrogens with zero attached hydrogens (tertiary/aromatic N) is 1. The van der Waals surface area contributed by atoms with Crippen LogP contribution in [0.25, 0.3) is 17.2 Å². The molecular weight excluding hydrogens is 276 g/mol. The fraction of sp³-hybridized carbons (Fsp3) is 0.167. The summed E-state index contributed by atoms with van der Waals surface area (Å²) in [6, 6.07) is 9.26. The van der Waals surface area contributed by atoms with Crippen molar-refractivity contribution in [1.82, 2.24) is 10.3 Å². The summed E-state index contributed by atoms with van der Waals surface area (Å²) in [6.07, 6.45) is 4.40. The lowest BCUT2D eigenvalue weighted by atomic mass is 9.97. The van der Waals surface area contributed by atoms with Gasteiger partial charge in [-0.3, -0.25) is 14.6 Å². The Hall–Kier alpha value is -2.75. The highest BCUT2D eigenvalue weighted by Crippen LogP contribution is 2.27. The summed E-state index contributed by atoms with van der Waals surface area (Å²) in [5, 5.41) is 2.60. The summed E-state index contributed by atoms with van der Waals surface area (Å²) in [7, 11) is 1.60. The largest absolute Gasteiger partial charge is 0.355 e. The van der Waals surface area contributed by atoms with E-state index in [2.05, 4.69) is 10.3 Å². The zero-order valence-electron chi connectivity index (χ0n) is 12.9. The molecule has 1 amide bonds. The highest BCUT2D eigenvalue weighted by Gasteiger charge is 2.09. The average Bonchev–Trinajstić information content (AvgIpc) is 2.56. The minimum atomic E-state index is -0.116. The van der Waals surface area contributed by atoms with Gasteiger partial charge in [-0.15, -0.1) is 0 Å². The summed E-state index contributed by atoms with van der Waals surface area (Å²) in [6.45, 7) is 3.67. The minimum Gasteiger partial charge on any atom is -0.355 e. The Morgan fingerprint density at radius 1 is 1.18 bits per heavy atom. The van der Waals surface area contributed by atoms with E-state index in [0.29, 0.717) is 11.1 Å². The molecule has 0 aliphatic rings. The first-order chi connectivity index (χ1) is 10.6. The maximum Gasteiger partial charge on any atom is 0.251 e. The first-order valence-electron chi connectivity index (χ1n) is 6.98. The van der Waals surface area contributed by atoms with Crippen LogP contribution >= 0.6 is 0 Å². The van der Waals surface area contributed by atoms with Gasteiger partial charge in [0.25, 0.3) is 5.91 Å². The number of amides is 1. The first-order valence-corrected chi connectivity index (χ1v) is 6.98. The van der Waals surface area contributed by atoms with Crippen molar-refractivity contribution in [3.05, 3.63) is 58.9 Å². The highest BCUT2D eigenvalue weighted by molar-refractivity contribution is 5.94. The van der Waals surface area contributed by atoms with Crippen molar-refractivity contribution in [3.63, 3.8) is 0 Å². The second kappa shape index (κ2) is 6.80. The van der Waals surface area contributed by atoms with Crippen LogP contribution < -0.4 is 5.32 Å². The number of hydrogen-bond donors (Lipinski definition) is 1. The van der Waals surface area contributed by atoms with Crippen molar-refractivity contribution < 1.29 is 9.59 Å². The monoisotopic (exact) mass is 294 g/mol. The van der Waals surface area contributed by atoms with E-state index in [1.54, 1.807) is 32.3 Å². The van der Waals surface area contributed by atoms with Crippen LogP contribution in [0.2, 0.25) is 0 Å². The normalized spacial score (nSPS) is 11.1. The predicted octanol–water partition coefficient (Wildman–Crippen LogP) is 3.02. The molecule has 0 spiro atoms. The fourth-order valence-corrected chi connectivity index (χ4v) is 2.22. The quantitative estimate of drug-likeness (QED) is 0.696. The zero-order chi connectivity index (χ0) is 16.1. The van der Waals surface area contributed by atoms with Crippen LogP contribution in [-0.2, 0) is 4.79 Å². The maximum atomic E-state index is 11.6. The zero-order valence-corrected chi connectivity index (χ0v) is 12.9. The van der Waals surface area contributed by atoms with E-state index in [1.807, 2.05) is 31.2 Å². The summed E-state index contributed by atoms with van der Waals surface area (Å²) >= 11 is 0. The molecule has 1 aromatic heterocycles. The van der Waals surface area contributed by atoms with Gasteiger partial charge < -0.3 is 5.32 Å². The van der Waals surface area contributed by atoms with Crippen molar-refractivity contribution in [2.75, 3.05) is 7.05 Å². The SMILES string of the molecule is CNC(=O)c1ccc(-c2ccnc(C)c2/C=C(\C)C=O)cc1. The van der Waals surface area contributed by atoms with Crippen LogP contribution in [-0.4, -0.2) is 24.2 Å². The number of carbonyl (C=O) groups is 2. The highest BCUT2D eigenvalue weighted by atomic mass is 16.1. The minimum absolute atomic E-state index is 0.116. The number of benzene rings is 1. The van der Waals surface area contributed by atoms with Gasteiger partial charge in [-0.05, 0) is 54.8 Å². The Bertz CT molecular complexity index is 731. The van der Waals surface area contributed by atoms with Gasteiger partial charge in [0.15, 0.2) is 0 Å². The lowest BCUT2D eigenvalue weighted by Crippen LogP contribution is -2.17. The van der Waals surface area contributed by atoms with Crippen LogP contribution in [0.3, 0.4) is 0 Å². The summed E-state index contributed by atoms with van der Waals surface area (Å²) in [4.78, 5) is 26.8. The van der Waals surface area contributed by atoms with Crippen molar-refractivity contribution in [2.45, 2.75) is 13.8 Å². The maximum absolute atomic E-state index is 11.6. The topological polar surface area (TPSA) is 59.1 Å². The Labute approximate surface area is 129 Å². The molecule has 0 radical (unpaired) electrons. The van der Waals surface area contributed by atoms with Gasteiger partial charge in [-0.2, -0.15) is 0 Å². The molecule has 1 aromatic carbocycles. The van der Waals surface area contributed by atoms with Crippen LogP contribution in [0.5, 0.6) is 0 Å². The van der Waals surface area contributed by atoms with E-state index in [0.717, 1.165) is 28.7 Å². The number of rotatable bonds is 4. The van der Waals surface area contributed by atoms with Crippen molar-refractivity contribution >= 4 is 18.3 Å². The number of aryl methyl sites for hydroxylation is 1. The summed E-state index contributed by atoms with van der Waals surface area (Å²) in [5.41, 5.74) is 4.98. The lowest BCUT2D eigenvalue weighted by molar-refractivity contribution is -0.104. The first kappa shape index (κ1) is 15.6. The summed E-state index contributed by atoms with van der Waals surface area (Å²) in [5.74, 6) is -0.116. The van der Waals surface area contributed by atoms with Crippen LogP contribution in [0.1, 0.15) is 28.5 Å². The third kappa shape index (κ3) is 3.28. The van der Waals surface area contributed by atoms with E-state index in [4.69, 9.17) is 0 Å². The van der Waals surface area contributed by atoms with Gasteiger partial charge in [0.1, 0.15) is 6.29 Å². The molecule has 0 aliphatic heterocycles. The molecule has 4 heteroatoms. The molecular formula is C18H18N2O2. The van der Waals surface area contributed by atoms with Gasteiger partial charge >= 0.3 is 0 Å². The number of pyridine rings is 1. The van der Waals surface area contributed by atoms with Crippen LogP contribution in [0.15, 0.2) is 42.1 Å². The number of allylic oxidation sites excluding steroid dienone is 1. The number of carbonyl (C=O) groups excluding carboxylic acids is 2. The Morgan fingerprint density at radius 2 is 1.86 bits per heavy atom. The van der Waals surface area contributed by atoms with E-state index >= 15 is 0 Å². The molecule has 22 heavy (non-hydrogen) atoms. The number of nitrogens with one attached hydrogen (secondary N) is 1. The molecule has 0 saturated carbocycles. The standard InChI is InChI=1S/C18H18N2O2/c1-12(11-21)10-17-13(2)20-9-8-16(17)14-4-6-15(7-5-14)18(22)19-3/h4-11H,1-3H3,(H,19,22)/b12-10+. The van der Waals surface area contributed by atoms with E-state index in [1.165, 1.54) is 0 Å². The molecule has 2 aromatic rings. The summed E-state index contributed by atoms with van der Waals surface area (Å²) < 4.78 is 0. The molecule has 1 heterocycles. The van der Waals surface area contributed by atoms with Gasteiger partial charge in [0.05, 0.1) is 0 Å². The fourth-order valence-electron chi connectivity index (χ4n) is 2.22. The number of aldehydes is 1. The predicted molar refractivity (Wildman–Crippen MR) is 87.5 cm³/mol. The molecule has 1 N–H and O–H groups in total. The molecule has 112 valence electrons. The molecule has 0 saturated heterocycles. The molecule has 4 nitrogen and oxygen atoms in total. The number of hydrogen-bond acceptors (Lipinski definition) is 3. The second-order valence-corrected chi connectivity index (χ2v) is 5.02. The second-order valence-electron chi connectivity index (χ2n) is 5.02.